The van der Waals surface area contributed by atoms with Crippen molar-refractivity contribution in [3.8, 4) is 6.07 Å². The molecule has 36 heavy (non-hydrogen) atoms. The molecule has 0 unspecified atom stereocenters. The van der Waals surface area contributed by atoms with Gasteiger partial charge in [-0.3, -0.25) is 0 Å². The van der Waals surface area contributed by atoms with Gasteiger partial charge in [0, 0.05) is 0 Å². The molecule has 4 aromatic carbocycles. The topological polar surface area (TPSA) is 50.1 Å². The van der Waals surface area contributed by atoms with E-state index in [0.717, 1.165) is 11.7 Å². The van der Waals surface area contributed by atoms with Crippen LogP contribution in [0.5, 0.6) is 0 Å². The summed E-state index contributed by atoms with van der Waals surface area (Å²) >= 11 is 0. The Morgan fingerprint density at radius 2 is 1.22 bits per heavy atom. The van der Waals surface area contributed by atoms with Crippen molar-refractivity contribution < 1.29 is 26.5 Å². The number of nitriles is 1. The molecule has 0 bridgehead atoms. The van der Waals surface area contributed by atoms with Crippen molar-refractivity contribution in [1.82, 2.24) is 0 Å². The number of ether oxygens (including phenoxy) is 1. The lowest BCUT2D eigenvalue weighted by Gasteiger charge is -2.28. The molecule has 0 aromatic heterocycles. The molecule has 0 aliphatic heterocycles. The molecule has 5 heteroatoms. The van der Waals surface area contributed by atoms with Gasteiger partial charge in [0.15, 0.2) is 0 Å². The lowest BCUT2D eigenvalue weighted by Crippen LogP contribution is -3.00. The number of carbonyl (C=O) groups is 1. The fourth-order valence-corrected chi connectivity index (χ4v) is 8.52. The minimum atomic E-state index is -1.99. The Kier molecular flexibility index (Phi) is 9.77. The van der Waals surface area contributed by atoms with E-state index in [2.05, 4.69) is 103 Å². The van der Waals surface area contributed by atoms with Crippen LogP contribution in [0.2, 0.25) is 0 Å². The van der Waals surface area contributed by atoms with Gasteiger partial charge in [0.05, 0.1) is 12.8 Å². The minimum Gasteiger partial charge on any atom is -1.00 e. The van der Waals surface area contributed by atoms with E-state index >= 15 is 0 Å². The summed E-state index contributed by atoms with van der Waals surface area (Å²) < 4.78 is 4.98. The molecule has 4 aromatic rings. The fourth-order valence-electron chi connectivity index (χ4n) is 4.27. The maximum absolute atomic E-state index is 12.0. The van der Waals surface area contributed by atoms with E-state index in [-0.39, 0.29) is 29.2 Å². The van der Waals surface area contributed by atoms with Gasteiger partial charge < -0.3 is 21.7 Å². The number of hydrogen-bond acceptors (Lipinski definition) is 3. The average molecular weight is 556 g/mol. The molecule has 0 aliphatic rings. The van der Waals surface area contributed by atoms with E-state index in [1.165, 1.54) is 21.5 Å². The molecule has 4 rings (SSSR count). The van der Waals surface area contributed by atoms with Crippen LogP contribution in [0.1, 0.15) is 18.1 Å². The molecule has 0 aliphatic carbocycles. The van der Waals surface area contributed by atoms with Crippen LogP contribution in [-0.2, 0) is 15.7 Å². The standard InChI is InChI=1S/C31H27NO2P.BrH/c1-2-34-31(33)27(23-32)22-25-18-20-26(21-19-25)24-35(28-12-6-3-7-13-28,29-14-8-4-9-15-29)30-16-10-5-11-17-30;/h3-22H,2,24H2,1H3;1H/q+1;/p-1. The van der Waals surface area contributed by atoms with Crippen molar-refractivity contribution in [2.75, 3.05) is 6.61 Å². The third-order valence-electron chi connectivity index (χ3n) is 5.92. The third kappa shape index (κ3) is 6.00. The van der Waals surface area contributed by atoms with Gasteiger partial charge in [-0.05, 0) is 60.5 Å². The first-order chi connectivity index (χ1) is 17.2. The van der Waals surface area contributed by atoms with Gasteiger partial charge in [0.2, 0.25) is 0 Å². The normalized spacial score (nSPS) is 11.2. The molecular formula is C31H27BrNO2P. The van der Waals surface area contributed by atoms with Crippen molar-refractivity contribution in [3.63, 3.8) is 0 Å². The Bertz CT molecular complexity index is 1240. The zero-order valence-electron chi connectivity index (χ0n) is 20.1. The van der Waals surface area contributed by atoms with Crippen molar-refractivity contribution >= 4 is 35.2 Å². The van der Waals surface area contributed by atoms with Gasteiger partial charge in [-0.15, -0.1) is 0 Å². The van der Waals surface area contributed by atoms with Crippen molar-refractivity contribution in [1.29, 1.82) is 5.26 Å². The largest absolute Gasteiger partial charge is 1.00 e. The van der Waals surface area contributed by atoms with E-state index in [1.54, 1.807) is 13.0 Å². The second kappa shape index (κ2) is 13.0. The summed E-state index contributed by atoms with van der Waals surface area (Å²) in [5, 5.41) is 13.3. The average Bonchev–Trinajstić information content (AvgIpc) is 2.93. The summed E-state index contributed by atoms with van der Waals surface area (Å²) in [7, 11) is -1.99. The van der Waals surface area contributed by atoms with Gasteiger partial charge in [-0.1, -0.05) is 78.9 Å². The van der Waals surface area contributed by atoms with Gasteiger partial charge in [0.25, 0.3) is 0 Å². The highest BCUT2D eigenvalue weighted by Gasteiger charge is 2.45. The number of hydrogen-bond donors (Lipinski definition) is 0. The van der Waals surface area contributed by atoms with Gasteiger partial charge in [0.1, 0.15) is 34.8 Å². The van der Waals surface area contributed by atoms with E-state index in [1.807, 2.05) is 18.2 Å². The summed E-state index contributed by atoms with van der Waals surface area (Å²) in [5.74, 6) is -0.596. The number of nitrogens with zero attached hydrogens (tertiary/aromatic N) is 1. The molecule has 0 spiro atoms. The Balaban J connectivity index is 0.00000361. The number of esters is 1. The van der Waals surface area contributed by atoms with Crippen LogP contribution in [0.25, 0.3) is 6.08 Å². The first-order valence-corrected chi connectivity index (χ1v) is 13.6. The Morgan fingerprint density at radius 1 is 0.778 bits per heavy atom. The number of carbonyl (C=O) groups excluding carboxylic acids is 1. The fraction of sp³-hybridized carbons (Fsp3) is 0.0968. The molecule has 180 valence electrons. The quantitative estimate of drug-likeness (QED) is 0.145. The number of rotatable bonds is 8. The second-order valence-electron chi connectivity index (χ2n) is 8.11. The van der Waals surface area contributed by atoms with E-state index in [0.29, 0.717) is 0 Å². The van der Waals surface area contributed by atoms with Crippen LogP contribution >= 0.6 is 7.26 Å². The molecule has 3 nitrogen and oxygen atoms in total. The molecule has 0 saturated carbocycles. The lowest BCUT2D eigenvalue weighted by molar-refractivity contribution is -0.137. The highest BCUT2D eigenvalue weighted by molar-refractivity contribution is 7.95. The first-order valence-electron chi connectivity index (χ1n) is 11.6. The predicted molar refractivity (Wildman–Crippen MR) is 146 cm³/mol. The van der Waals surface area contributed by atoms with Gasteiger partial charge in [-0.2, -0.15) is 5.26 Å². The molecular weight excluding hydrogens is 529 g/mol. The highest BCUT2D eigenvalue weighted by Crippen LogP contribution is 2.58. The van der Waals surface area contributed by atoms with Crippen LogP contribution in [0.4, 0.5) is 0 Å². The second-order valence-corrected chi connectivity index (χ2v) is 11.6. The summed E-state index contributed by atoms with van der Waals surface area (Å²) in [6.07, 6.45) is 2.44. The van der Waals surface area contributed by atoms with Crippen molar-refractivity contribution in [2.24, 2.45) is 0 Å². The van der Waals surface area contributed by atoms with E-state index in [4.69, 9.17) is 4.74 Å². The summed E-state index contributed by atoms with van der Waals surface area (Å²) in [6, 6.07) is 42.4. The van der Waals surface area contributed by atoms with E-state index in [9.17, 15) is 10.1 Å². The van der Waals surface area contributed by atoms with Gasteiger partial charge in [-0.25, -0.2) is 4.79 Å². The lowest BCUT2D eigenvalue weighted by atomic mass is 10.1. The highest BCUT2D eigenvalue weighted by atomic mass is 79.9. The molecule has 0 heterocycles. The number of benzene rings is 4. The number of halogens is 1. The smallest absolute Gasteiger partial charge is 0.348 e. The molecule has 0 atom stereocenters. The Hall–Kier alpha value is -3.51. The van der Waals surface area contributed by atoms with Crippen molar-refractivity contribution in [2.45, 2.75) is 13.1 Å². The summed E-state index contributed by atoms with van der Waals surface area (Å²) in [6.45, 7) is 1.96. The molecule has 0 radical (unpaired) electrons. The van der Waals surface area contributed by atoms with Gasteiger partial charge >= 0.3 is 5.97 Å². The van der Waals surface area contributed by atoms with Crippen LogP contribution in [0.15, 0.2) is 121 Å². The van der Waals surface area contributed by atoms with Crippen molar-refractivity contribution in [3.05, 3.63) is 132 Å². The molecule has 0 fully saturated rings. The zero-order valence-corrected chi connectivity index (χ0v) is 22.5. The molecule has 0 N–H and O–H groups in total. The van der Waals surface area contributed by atoms with Crippen LogP contribution in [0.3, 0.4) is 0 Å². The molecule has 0 amide bonds. The zero-order chi connectivity index (χ0) is 24.5. The minimum absolute atomic E-state index is 0. The predicted octanol–water partition coefficient (Wildman–Crippen LogP) is 2.65. The van der Waals surface area contributed by atoms with Crippen LogP contribution in [0, 0.1) is 11.3 Å². The van der Waals surface area contributed by atoms with E-state index < -0.39 is 13.2 Å². The summed E-state index contributed by atoms with van der Waals surface area (Å²) in [5.41, 5.74) is 1.99. The SMILES string of the molecule is CCOC(=O)C(C#N)=Cc1ccc(C[P+](c2ccccc2)(c2ccccc2)c2ccccc2)cc1.[Br-]. The van der Waals surface area contributed by atoms with Crippen LogP contribution < -0.4 is 32.9 Å². The van der Waals surface area contributed by atoms with Crippen LogP contribution in [-0.4, -0.2) is 12.6 Å². The summed E-state index contributed by atoms with van der Waals surface area (Å²) in [4.78, 5) is 12.0. The maximum Gasteiger partial charge on any atom is 0.348 e. The molecule has 0 saturated heterocycles. The Morgan fingerprint density at radius 3 is 1.61 bits per heavy atom. The Labute approximate surface area is 224 Å². The first kappa shape index (κ1) is 27.1. The monoisotopic (exact) mass is 555 g/mol. The maximum atomic E-state index is 12.0. The third-order valence-corrected chi connectivity index (χ3v) is 10.3.